The predicted octanol–water partition coefficient (Wildman–Crippen LogP) is -1.36. The Bertz CT molecular complexity index is 300. The molecular formula is C8H19N3O3S. The van der Waals surface area contributed by atoms with Crippen LogP contribution in [0.15, 0.2) is 0 Å². The maximum Gasteiger partial charge on any atom is 0.237 e. The summed E-state index contributed by atoms with van der Waals surface area (Å²) in [7, 11) is -1.94. The van der Waals surface area contributed by atoms with Crippen molar-refractivity contribution in [3.63, 3.8) is 0 Å². The highest BCUT2D eigenvalue weighted by atomic mass is 32.2. The average molecular weight is 237 g/mol. The summed E-state index contributed by atoms with van der Waals surface area (Å²) in [4.78, 5) is 11.3. The van der Waals surface area contributed by atoms with E-state index in [0.29, 0.717) is 0 Å². The second-order valence-corrected chi connectivity index (χ2v) is 5.63. The molecule has 0 aromatic carbocycles. The first-order valence-electron chi connectivity index (χ1n) is 4.74. The summed E-state index contributed by atoms with van der Waals surface area (Å²) in [6, 6.07) is -0.595. The molecule has 0 aliphatic rings. The predicted molar refractivity (Wildman–Crippen MR) is 58.7 cm³/mol. The monoisotopic (exact) mass is 237 g/mol. The summed E-state index contributed by atoms with van der Waals surface area (Å²) in [5, 5.41) is 2.47. The van der Waals surface area contributed by atoms with E-state index in [9.17, 15) is 13.2 Å². The number of amides is 1. The average Bonchev–Trinajstić information content (AvgIpc) is 2.16. The van der Waals surface area contributed by atoms with E-state index in [1.54, 1.807) is 0 Å². The Hall–Kier alpha value is -0.660. The Morgan fingerprint density at radius 3 is 2.33 bits per heavy atom. The van der Waals surface area contributed by atoms with Crippen LogP contribution in [-0.2, 0) is 14.8 Å². The van der Waals surface area contributed by atoms with E-state index in [4.69, 9.17) is 5.73 Å². The molecule has 0 aliphatic carbocycles. The van der Waals surface area contributed by atoms with Gasteiger partial charge in [0.25, 0.3) is 0 Å². The maximum absolute atomic E-state index is 11.3. The van der Waals surface area contributed by atoms with Gasteiger partial charge < -0.3 is 11.1 Å². The van der Waals surface area contributed by atoms with Gasteiger partial charge in [-0.1, -0.05) is 13.8 Å². The summed E-state index contributed by atoms with van der Waals surface area (Å²) < 4.78 is 24.1. The molecular weight excluding hydrogens is 218 g/mol. The molecule has 0 aliphatic heterocycles. The highest BCUT2D eigenvalue weighted by Gasteiger charge is 2.17. The van der Waals surface area contributed by atoms with Gasteiger partial charge in [-0.2, -0.15) is 0 Å². The molecule has 6 nitrogen and oxygen atoms in total. The molecule has 0 spiro atoms. The summed E-state index contributed by atoms with van der Waals surface area (Å²) in [5.74, 6) is -0.428. The van der Waals surface area contributed by atoms with Gasteiger partial charge in [-0.3, -0.25) is 4.79 Å². The van der Waals surface area contributed by atoms with Crippen molar-refractivity contribution in [2.45, 2.75) is 19.9 Å². The molecule has 0 heterocycles. The molecule has 1 atom stereocenters. The zero-order chi connectivity index (χ0) is 12.1. The number of hydrogen-bond donors (Lipinski definition) is 3. The highest BCUT2D eigenvalue weighted by molar-refractivity contribution is 7.89. The fourth-order valence-corrected chi connectivity index (χ4v) is 1.41. The van der Waals surface area contributed by atoms with Crippen LogP contribution in [0.3, 0.4) is 0 Å². The fraction of sp³-hybridized carbons (Fsp3) is 0.875. The lowest BCUT2D eigenvalue weighted by Gasteiger charge is -2.15. The topological polar surface area (TPSA) is 101 Å². The zero-order valence-electron chi connectivity index (χ0n) is 9.28. The Labute approximate surface area is 90.7 Å². The third kappa shape index (κ3) is 5.71. The van der Waals surface area contributed by atoms with Gasteiger partial charge in [0.2, 0.25) is 15.9 Å². The van der Waals surface area contributed by atoms with Crippen molar-refractivity contribution in [1.82, 2.24) is 10.0 Å². The second kappa shape index (κ2) is 6.04. The molecule has 0 saturated carbocycles. The van der Waals surface area contributed by atoms with Crippen LogP contribution in [0.2, 0.25) is 0 Å². The van der Waals surface area contributed by atoms with Crippen LogP contribution in [0.1, 0.15) is 13.8 Å². The van der Waals surface area contributed by atoms with Gasteiger partial charge in [0.05, 0.1) is 11.8 Å². The number of carbonyl (C=O) groups excluding carboxylic acids is 1. The van der Waals surface area contributed by atoms with Crippen LogP contribution in [0, 0.1) is 5.92 Å². The lowest BCUT2D eigenvalue weighted by atomic mass is 10.1. The quantitative estimate of drug-likeness (QED) is 0.531. The van der Waals surface area contributed by atoms with Crippen molar-refractivity contribution >= 4 is 15.9 Å². The van der Waals surface area contributed by atoms with Gasteiger partial charge in [-0.05, 0) is 13.0 Å². The van der Waals surface area contributed by atoms with Crippen LogP contribution in [0.25, 0.3) is 0 Å². The molecule has 0 radical (unpaired) electrons. The molecule has 0 fully saturated rings. The minimum Gasteiger partial charge on any atom is -0.354 e. The smallest absolute Gasteiger partial charge is 0.237 e. The number of carbonyl (C=O) groups is 1. The van der Waals surface area contributed by atoms with Crippen LogP contribution < -0.4 is 15.8 Å². The Morgan fingerprint density at radius 1 is 1.40 bits per heavy atom. The number of rotatable bonds is 6. The molecule has 0 unspecified atom stereocenters. The summed E-state index contributed by atoms with van der Waals surface area (Å²) in [5.41, 5.74) is 5.57. The summed E-state index contributed by atoms with van der Waals surface area (Å²) in [6.45, 7) is 3.73. The van der Waals surface area contributed by atoms with Crippen LogP contribution in [-0.4, -0.2) is 39.7 Å². The molecule has 0 bridgehead atoms. The van der Waals surface area contributed by atoms with Crippen molar-refractivity contribution in [2.75, 3.05) is 19.3 Å². The molecule has 4 N–H and O–H groups in total. The van der Waals surface area contributed by atoms with E-state index >= 15 is 0 Å². The van der Waals surface area contributed by atoms with E-state index in [0.717, 1.165) is 0 Å². The van der Waals surface area contributed by atoms with Gasteiger partial charge in [0, 0.05) is 6.54 Å². The van der Waals surface area contributed by atoms with E-state index in [2.05, 4.69) is 10.0 Å². The van der Waals surface area contributed by atoms with Crippen molar-refractivity contribution in [1.29, 1.82) is 0 Å². The molecule has 15 heavy (non-hydrogen) atoms. The SMILES string of the molecule is CNS(=O)(=O)CCNC(=O)[C@H](N)C(C)C. The van der Waals surface area contributed by atoms with E-state index in [1.807, 2.05) is 13.8 Å². The number of nitrogens with two attached hydrogens (primary N) is 1. The highest BCUT2D eigenvalue weighted by Crippen LogP contribution is 1.97. The van der Waals surface area contributed by atoms with Gasteiger partial charge in [-0.25, -0.2) is 13.1 Å². The van der Waals surface area contributed by atoms with E-state index < -0.39 is 16.1 Å². The second-order valence-electron chi connectivity index (χ2n) is 3.58. The Kier molecular flexibility index (Phi) is 5.77. The van der Waals surface area contributed by atoms with Gasteiger partial charge in [0.15, 0.2) is 0 Å². The number of hydrogen-bond acceptors (Lipinski definition) is 4. The van der Waals surface area contributed by atoms with Gasteiger partial charge in [0.1, 0.15) is 0 Å². The molecule has 1 amide bonds. The minimum absolute atomic E-state index is 0.0332. The number of sulfonamides is 1. The zero-order valence-corrected chi connectivity index (χ0v) is 10.1. The first kappa shape index (κ1) is 14.3. The lowest BCUT2D eigenvalue weighted by molar-refractivity contribution is -0.123. The largest absolute Gasteiger partial charge is 0.354 e. The van der Waals surface area contributed by atoms with Crippen molar-refractivity contribution in [3.8, 4) is 0 Å². The molecule has 0 rings (SSSR count). The third-order valence-electron chi connectivity index (χ3n) is 2.00. The standard InChI is InChI=1S/C8H19N3O3S/c1-6(2)7(9)8(12)11-4-5-15(13,14)10-3/h6-7,10H,4-5,9H2,1-3H3,(H,11,12)/t7-/m1/s1. The first-order valence-corrected chi connectivity index (χ1v) is 6.40. The molecule has 0 saturated heterocycles. The summed E-state index contributed by atoms with van der Waals surface area (Å²) in [6.07, 6.45) is 0. The third-order valence-corrected chi connectivity index (χ3v) is 3.37. The van der Waals surface area contributed by atoms with Gasteiger partial charge in [-0.15, -0.1) is 0 Å². The Morgan fingerprint density at radius 2 is 1.93 bits per heavy atom. The van der Waals surface area contributed by atoms with Crippen molar-refractivity contribution in [3.05, 3.63) is 0 Å². The van der Waals surface area contributed by atoms with Gasteiger partial charge >= 0.3 is 0 Å². The summed E-state index contributed by atoms with van der Waals surface area (Å²) >= 11 is 0. The van der Waals surface area contributed by atoms with E-state index in [-0.39, 0.29) is 24.1 Å². The fourth-order valence-electron chi connectivity index (χ4n) is 0.831. The van der Waals surface area contributed by atoms with Crippen molar-refractivity contribution < 1.29 is 13.2 Å². The molecule has 0 aromatic heterocycles. The van der Waals surface area contributed by atoms with Crippen molar-refractivity contribution in [2.24, 2.45) is 11.7 Å². The van der Waals surface area contributed by atoms with Crippen LogP contribution in [0.4, 0.5) is 0 Å². The first-order chi connectivity index (χ1) is 6.80. The Balaban J connectivity index is 3.93. The normalized spacial score (nSPS) is 13.9. The molecule has 7 heteroatoms. The van der Waals surface area contributed by atoms with Crippen LogP contribution in [0.5, 0.6) is 0 Å². The minimum atomic E-state index is -3.27. The molecule has 90 valence electrons. The number of nitrogens with one attached hydrogen (secondary N) is 2. The molecule has 0 aromatic rings. The van der Waals surface area contributed by atoms with E-state index in [1.165, 1.54) is 7.05 Å². The van der Waals surface area contributed by atoms with Crippen LogP contribution >= 0.6 is 0 Å². The lowest BCUT2D eigenvalue weighted by Crippen LogP contribution is -2.45. The maximum atomic E-state index is 11.3.